The van der Waals surface area contributed by atoms with Crippen molar-refractivity contribution < 1.29 is 78.6 Å². The number of amides is 1. The Labute approximate surface area is 172 Å². The van der Waals surface area contributed by atoms with E-state index in [-0.39, 0.29) is 64.1 Å². The Balaban J connectivity index is 0.00000441. The third-order valence-electron chi connectivity index (χ3n) is 2.88. The molecule has 1 rings (SSSR count). The van der Waals surface area contributed by atoms with Crippen LogP contribution in [0.1, 0.15) is 20.8 Å². The van der Waals surface area contributed by atoms with Crippen LogP contribution < -0.4 is 51.4 Å². The van der Waals surface area contributed by atoms with Crippen LogP contribution in [-0.2, 0) is 9.47 Å². The van der Waals surface area contributed by atoms with Crippen molar-refractivity contribution in [2.75, 3.05) is 45.8 Å². The minimum Gasteiger partial charge on any atom is -0.447 e. The summed E-state index contributed by atoms with van der Waals surface area (Å²) < 4.78 is 45.8. The number of carbonyl (C=O) groups excluding carboxylic acids is 1. The van der Waals surface area contributed by atoms with Gasteiger partial charge < -0.3 is 27.3 Å². The smallest absolute Gasteiger partial charge is 0.447 e. The van der Waals surface area contributed by atoms with Crippen molar-refractivity contribution in [1.82, 2.24) is 9.80 Å². The van der Waals surface area contributed by atoms with Gasteiger partial charge in [0, 0.05) is 39.2 Å². The zero-order chi connectivity index (χ0) is 16.1. The molecule has 1 aliphatic heterocycles. The first-order valence-corrected chi connectivity index (χ1v) is 7.06. The van der Waals surface area contributed by atoms with E-state index >= 15 is 0 Å². The Morgan fingerprint density at radius 2 is 1.68 bits per heavy atom. The topological polar surface area (TPSA) is 42.0 Å². The van der Waals surface area contributed by atoms with Crippen molar-refractivity contribution >= 4 is 13.1 Å². The number of hydrogen-bond donors (Lipinski definition) is 0. The van der Waals surface area contributed by atoms with E-state index in [1.54, 1.807) is 25.7 Å². The van der Waals surface area contributed by atoms with Crippen molar-refractivity contribution in [2.45, 2.75) is 26.4 Å². The van der Waals surface area contributed by atoms with Gasteiger partial charge in [0.1, 0.15) is 5.60 Å². The third-order valence-corrected chi connectivity index (χ3v) is 2.88. The summed E-state index contributed by atoms with van der Waals surface area (Å²) in [6, 6.07) is 0. The molecule has 0 aromatic rings. The number of halogens is 3. The largest absolute Gasteiger partial charge is 1.00 e. The van der Waals surface area contributed by atoms with E-state index in [1.165, 1.54) is 0 Å². The van der Waals surface area contributed by atoms with Crippen LogP contribution in [-0.4, -0.2) is 74.3 Å². The maximum Gasteiger partial charge on any atom is 1.00 e. The molecule has 0 spiro atoms. The molecule has 1 fully saturated rings. The number of nitrogens with zero attached hydrogens (tertiary/aromatic N) is 2. The molecular formula is C12H23BF3KN2O3. The van der Waals surface area contributed by atoms with E-state index in [2.05, 4.69) is 4.74 Å². The first-order valence-electron chi connectivity index (χ1n) is 7.06. The minimum atomic E-state index is -4.88. The molecule has 22 heavy (non-hydrogen) atoms. The monoisotopic (exact) mass is 350 g/mol. The SMILES string of the molecule is CC(C)(C)OC(=O)N1CCN(CCOC[B-](F)(F)F)CC1.[K+]. The molecule has 0 bridgehead atoms. The van der Waals surface area contributed by atoms with Gasteiger partial charge in [0.15, 0.2) is 0 Å². The van der Waals surface area contributed by atoms with Crippen LogP contribution in [0, 0.1) is 0 Å². The standard InChI is InChI=1S/C12H23BF3N2O3.K/c1-12(2,3)21-11(19)18-6-4-17(5-7-18)8-9-20-10-13(14,15)16;/h4-10H2,1-3H3;/q-1;+1. The fourth-order valence-corrected chi connectivity index (χ4v) is 1.89. The average molecular weight is 350 g/mol. The number of rotatable bonds is 5. The maximum absolute atomic E-state index is 12.0. The van der Waals surface area contributed by atoms with Gasteiger partial charge in [-0.05, 0) is 20.8 Å². The average Bonchev–Trinajstić information content (AvgIpc) is 2.32. The van der Waals surface area contributed by atoms with Gasteiger partial charge in [-0.1, -0.05) is 0 Å². The molecule has 1 amide bonds. The molecule has 0 aromatic carbocycles. The summed E-state index contributed by atoms with van der Waals surface area (Å²) in [5, 5.41) is 0. The van der Waals surface area contributed by atoms with E-state index in [4.69, 9.17) is 4.74 Å². The molecule has 1 aliphatic rings. The first kappa shape index (κ1) is 22.7. The zero-order valence-electron chi connectivity index (χ0n) is 13.8. The maximum atomic E-state index is 12.0. The predicted molar refractivity (Wildman–Crippen MR) is 74.1 cm³/mol. The summed E-state index contributed by atoms with van der Waals surface area (Å²) in [5.74, 6) is 0. The van der Waals surface area contributed by atoms with Crippen LogP contribution >= 0.6 is 0 Å². The van der Waals surface area contributed by atoms with Crippen LogP contribution in [0.15, 0.2) is 0 Å². The first-order chi connectivity index (χ1) is 9.57. The van der Waals surface area contributed by atoms with Gasteiger partial charge in [-0.15, -0.1) is 0 Å². The molecule has 0 aromatic heterocycles. The fraction of sp³-hybridized carbons (Fsp3) is 0.917. The van der Waals surface area contributed by atoms with E-state index in [9.17, 15) is 17.7 Å². The predicted octanol–water partition coefficient (Wildman–Crippen LogP) is -1.05. The van der Waals surface area contributed by atoms with E-state index in [0.29, 0.717) is 32.7 Å². The second-order valence-corrected chi connectivity index (χ2v) is 6.09. The Hall–Kier alpha value is 0.681. The zero-order valence-corrected chi connectivity index (χ0v) is 16.9. The molecule has 0 atom stereocenters. The molecule has 5 nitrogen and oxygen atoms in total. The summed E-state index contributed by atoms with van der Waals surface area (Å²) in [5.41, 5.74) is -0.526. The second kappa shape index (κ2) is 9.85. The van der Waals surface area contributed by atoms with Crippen LogP contribution in [0.4, 0.5) is 17.7 Å². The van der Waals surface area contributed by atoms with Crippen LogP contribution in [0.2, 0.25) is 0 Å². The van der Waals surface area contributed by atoms with E-state index in [1.807, 2.05) is 4.90 Å². The van der Waals surface area contributed by atoms with Gasteiger partial charge in [0.25, 0.3) is 0 Å². The van der Waals surface area contributed by atoms with Crippen molar-refractivity contribution in [3.05, 3.63) is 0 Å². The number of hydrogen-bond acceptors (Lipinski definition) is 4. The molecule has 10 heteroatoms. The summed E-state index contributed by atoms with van der Waals surface area (Å²) in [6.07, 6.45) is -0.349. The minimum absolute atomic E-state index is 0. The quantitative estimate of drug-likeness (QED) is 0.469. The van der Waals surface area contributed by atoms with E-state index < -0.39 is 19.1 Å². The number of carbonyl (C=O) groups is 1. The normalized spacial score (nSPS) is 17.1. The van der Waals surface area contributed by atoms with Gasteiger partial charge >= 0.3 is 64.5 Å². The van der Waals surface area contributed by atoms with E-state index in [0.717, 1.165) is 0 Å². The summed E-state index contributed by atoms with van der Waals surface area (Å²) in [7, 11) is 0. The Bertz CT molecular complexity index is 345. The second-order valence-electron chi connectivity index (χ2n) is 6.09. The van der Waals surface area contributed by atoms with Crippen molar-refractivity contribution in [2.24, 2.45) is 0 Å². The van der Waals surface area contributed by atoms with Gasteiger partial charge in [0.2, 0.25) is 0 Å². The molecule has 0 N–H and O–H groups in total. The molecule has 1 saturated heterocycles. The molecule has 0 radical (unpaired) electrons. The molecule has 0 unspecified atom stereocenters. The van der Waals surface area contributed by atoms with Crippen molar-refractivity contribution in [1.29, 1.82) is 0 Å². The Morgan fingerprint density at radius 3 is 2.14 bits per heavy atom. The van der Waals surface area contributed by atoms with Gasteiger partial charge in [-0.3, -0.25) is 4.90 Å². The molecule has 0 aliphatic carbocycles. The summed E-state index contributed by atoms with van der Waals surface area (Å²) in [4.78, 5) is 15.4. The molecular weight excluding hydrogens is 327 g/mol. The van der Waals surface area contributed by atoms with Gasteiger partial charge in [-0.2, -0.15) is 0 Å². The Morgan fingerprint density at radius 1 is 1.14 bits per heavy atom. The molecule has 124 valence electrons. The summed E-state index contributed by atoms with van der Waals surface area (Å²) >= 11 is 0. The van der Waals surface area contributed by atoms with Crippen molar-refractivity contribution in [3.8, 4) is 0 Å². The van der Waals surface area contributed by atoms with Gasteiger partial charge in [-0.25, -0.2) is 4.79 Å². The summed E-state index contributed by atoms with van der Waals surface area (Å²) in [6.45, 7) is 2.12. The van der Waals surface area contributed by atoms with Crippen molar-refractivity contribution in [3.63, 3.8) is 0 Å². The molecule has 1 heterocycles. The number of piperazine rings is 1. The van der Waals surface area contributed by atoms with Crippen LogP contribution in [0.5, 0.6) is 0 Å². The Kier molecular flexibility index (Phi) is 10.2. The number of ether oxygens (including phenoxy) is 2. The van der Waals surface area contributed by atoms with Gasteiger partial charge in [0.05, 0.1) is 6.61 Å². The fourth-order valence-electron chi connectivity index (χ4n) is 1.89. The molecule has 0 saturated carbocycles. The van der Waals surface area contributed by atoms with Crippen LogP contribution in [0.25, 0.3) is 0 Å². The third kappa shape index (κ3) is 10.5. The van der Waals surface area contributed by atoms with Crippen LogP contribution in [0.3, 0.4) is 0 Å².